The highest BCUT2D eigenvalue weighted by Crippen LogP contribution is 2.10. The van der Waals surface area contributed by atoms with E-state index in [0.29, 0.717) is 0 Å². The van der Waals surface area contributed by atoms with Gasteiger partial charge in [0.1, 0.15) is 9.84 Å². The maximum Gasteiger partial charge on any atom is 0.239 e. The van der Waals surface area contributed by atoms with E-state index in [9.17, 15) is 13.2 Å². The number of carbonyl (C=O) groups excluding carboxylic acids is 1. The second-order valence-electron chi connectivity index (χ2n) is 3.96. The van der Waals surface area contributed by atoms with E-state index < -0.39 is 15.9 Å². The molecule has 0 aromatic heterocycles. The summed E-state index contributed by atoms with van der Waals surface area (Å²) < 4.78 is 21.9. The van der Waals surface area contributed by atoms with Crippen molar-refractivity contribution in [1.29, 1.82) is 0 Å². The molecule has 5 nitrogen and oxygen atoms in total. The Hall–Kier alpha value is -0.270. The number of rotatable bonds is 4. The molecule has 1 saturated heterocycles. The van der Waals surface area contributed by atoms with Crippen molar-refractivity contribution in [3.8, 4) is 0 Å². The summed E-state index contributed by atoms with van der Waals surface area (Å²) in [6.07, 6.45) is 1.36. The van der Waals surface area contributed by atoms with Crippen LogP contribution in [0.3, 0.4) is 0 Å². The Labute approximate surface area is 101 Å². The second-order valence-corrected chi connectivity index (χ2v) is 7.45. The summed E-state index contributed by atoms with van der Waals surface area (Å²) >= 11 is 1.81. The van der Waals surface area contributed by atoms with Crippen LogP contribution < -0.4 is 5.73 Å². The Morgan fingerprint density at radius 1 is 1.44 bits per heavy atom. The number of nitrogens with zero attached hydrogens (tertiary/aromatic N) is 1. The predicted octanol–water partition coefficient (Wildman–Crippen LogP) is -0.676. The molecule has 1 heterocycles. The molecule has 0 spiro atoms. The largest absolute Gasteiger partial charge is 0.340 e. The van der Waals surface area contributed by atoms with Crippen LogP contribution in [0.2, 0.25) is 0 Å². The van der Waals surface area contributed by atoms with E-state index in [4.69, 9.17) is 5.73 Å². The summed E-state index contributed by atoms with van der Waals surface area (Å²) in [5.74, 6) is 1.72. The zero-order chi connectivity index (χ0) is 12.2. The summed E-state index contributed by atoms with van der Waals surface area (Å²) in [6, 6.07) is -0.683. The molecule has 7 heteroatoms. The Bertz CT molecular complexity index is 337. The normalized spacial score (nSPS) is 19.5. The fraction of sp³-hybridized carbons (Fsp3) is 0.889. The molecule has 1 unspecified atom stereocenters. The molecular formula is C9H18N2O3S2. The van der Waals surface area contributed by atoms with Gasteiger partial charge in [-0.25, -0.2) is 8.42 Å². The first-order chi connectivity index (χ1) is 7.40. The number of sulfone groups is 1. The molecule has 2 N–H and O–H groups in total. The van der Waals surface area contributed by atoms with Crippen LogP contribution in [0, 0.1) is 0 Å². The third-order valence-corrected chi connectivity index (χ3v) is 4.36. The van der Waals surface area contributed by atoms with Gasteiger partial charge in [0.2, 0.25) is 5.91 Å². The Morgan fingerprint density at radius 3 is 2.50 bits per heavy atom. The molecule has 1 aliphatic heterocycles. The van der Waals surface area contributed by atoms with Gasteiger partial charge in [-0.15, -0.1) is 0 Å². The fourth-order valence-corrected chi connectivity index (χ4v) is 3.07. The number of hydrogen-bond acceptors (Lipinski definition) is 5. The lowest BCUT2D eigenvalue weighted by atomic mass is 10.2. The predicted molar refractivity (Wildman–Crippen MR) is 66.2 cm³/mol. The van der Waals surface area contributed by atoms with Gasteiger partial charge in [0.05, 0.1) is 11.8 Å². The van der Waals surface area contributed by atoms with E-state index in [0.717, 1.165) is 30.9 Å². The van der Waals surface area contributed by atoms with Crippen LogP contribution in [0.15, 0.2) is 0 Å². The molecule has 0 saturated carbocycles. The van der Waals surface area contributed by atoms with Crippen molar-refractivity contribution in [3.63, 3.8) is 0 Å². The Morgan fingerprint density at radius 2 is 2.00 bits per heavy atom. The molecular weight excluding hydrogens is 248 g/mol. The first-order valence-corrected chi connectivity index (χ1v) is 8.41. The van der Waals surface area contributed by atoms with Crippen molar-refractivity contribution in [1.82, 2.24) is 4.90 Å². The molecule has 1 fully saturated rings. The van der Waals surface area contributed by atoms with E-state index in [2.05, 4.69) is 0 Å². The second kappa shape index (κ2) is 5.88. The highest BCUT2D eigenvalue weighted by Gasteiger charge is 2.23. The average molecular weight is 266 g/mol. The van der Waals surface area contributed by atoms with Gasteiger partial charge in [0.15, 0.2) is 0 Å². The smallest absolute Gasteiger partial charge is 0.239 e. The van der Waals surface area contributed by atoms with Gasteiger partial charge >= 0.3 is 0 Å². The van der Waals surface area contributed by atoms with E-state index >= 15 is 0 Å². The van der Waals surface area contributed by atoms with Gasteiger partial charge in [0.25, 0.3) is 0 Å². The van der Waals surface area contributed by atoms with Gasteiger partial charge in [0, 0.05) is 30.9 Å². The number of nitrogens with two attached hydrogens (primary N) is 1. The Balaban J connectivity index is 2.40. The number of amides is 1. The molecule has 1 amide bonds. The van der Waals surface area contributed by atoms with Crippen LogP contribution in [0.4, 0.5) is 0 Å². The SMILES string of the molecule is CS(=O)(=O)CCC(N)C(=O)N1CCSCC1. The number of carbonyl (C=O) groups is 1. The molecule has 1 atom stereocenters. The quantitative estimate of drug-likeness (QED) is 0.729. The monoisotopic (exact) mass is 266 g/mol. The minimum Gasteiger partial charge on any atom is -0.340 e. The van der Waals surface area contributed by atoms with E-state index in [-0.39, 0.29) is 18.1 Å². The number of hydrogen-bond donors (Lipinski definition) is 1. The maximum atomic E-state index is 11.8. The van der Waals surface area contributed by atoms with Crippen molar-refractivity contribution in [2.75, 3.05) is 36.6 Å². The van der Waals surface area contributed by atoms with Gasteiger partial charge in [-0.2, -0.15) is 11.8 Å². The third kappa shape index (κ3) is 4.71. The minimum absolute atomic E-state index is 0.0253. The van der Waals surface area contributed by atoms with Crippen LogP contribution in [-0.2, 0) is 14.6 Å². The van der Waals surface area contributed by atoms with E-state index in [1.165, 1.54) is 0 Å². The van der Waals surface area contributed by atoms with Crippen molar-refractivity contribution in [3.05, 3.63) is 0 Å². The van der Waals surface area contributed by atoms with Gasteiger partial charge < -0.3 is 10.6 Å². The zero-order valence-electron chi connectivity index (χ0n) is 9.39. The summed E-state index contributed by atoms with van der Waals surface area (Å²) in [4.78, 5) is 13.5. The average Bonchev–Trinajstić information content (AvgIpc) is 2.25. The highest BCUT2D eigenvalue weighted by atomic mass is 32.2. The first-order valence-electron chi connectivity index (χ1n) is 5.20. The molecule has 0 bridgehead atoms. The van der Waals surface area contributed by atoms with Crippen LogP contribution in [0.5, 0.6) is 0 Å². The third-order valence-electron chi connectivity index (χ3n) is 2.44. The topological polar surface area (TPSA) is 80.5 Å². The highest BCUT2D eigenvalue weighted by molar-refractivity contribution is 7.99. The van der Waals surface area contributed by atoms with Crippen molar-refractivity contribution >= 4 is 27.5 Å². The standard InChI is InChI=1S/C9H18N2O3S2/c1-16(13,14)7-2-8(10)9(12)11-3-5-15-6-4-11/h8H,2-7,10H2,1H3. The molecule has 0 radical (unpaired) electrons. The Kier molecular flexibility index (Phi) is 5.07. The molecule has 0 aromatic rings. The fourth-order valence-electron chi connectivity index (χ4n) is 1.48. The van der Waals surface area contributed by atoms with Crippen LogP contribution in [0.25, 0.3) is 0 Å². The first kappa shape index (κ1) is 13.8. The molecule has 16 heavy (non-hydrogen) atoms. The zero-order valence-corrected chi connectivity index (χ0v) is 11.0. The summed E-state index contributed by atoms with van der Waals surface area (Å²) in [5.41, 5.74) is 5.69. The minimum atomic E-state index is -3.04. The molecule has 0 aromatic carbocycles. The molecule has 1 rings (SSSR count). The number of thioether (sulfide) groups is 1. The van der Waals surface area contributed by atoms with Gasteiger partial charge in [-0.1, -0.05) is 0 Å². The van der Waals surface area contributed by atoms with Gasteiger partial charge in [-0.3, -0.25) is 4.79 Å². The summed E-state index contributed by atoms with van der Waals surface area (Å²) in [6.45, 7) is 1.44. The lowest BCUT2D eigenvalue weighted by Gasteiger charge is -2.28. The van der Waals surface area contributed by atoms with Crippen LogP contribution >= 0.6 is 11.8 Å². The van der Waals surface area contributed by atoms with E-state index in [1.807, 2.05) is 11.8 Å². The van der Waals surface area contributed by atoms with Crippen LogP contribution in [0.1, 0.15) is 6.42 Å². The van der Waals surface area contributed by atoms with Crippen molar-refractivity contribution < 1.29 is 13.2 Å². The van der Waals surface area contributed by atoms with Gasteiger partial charge in [-0.05, 0) is 6.42 Å². The maximum absolute atomic E-state index is 11.8. The van der Waals surface area contributed by atoms with Crippen molar-refractivity contribution in [2.45, 2.75) is 12.5 Å². The lowest BCUT2D eigenvalue weighted by Crippen LogP contribution is -2.47. The summed E-state index contributed by atoms with van der Waals surface area (Å²) in [7, 11) is -3.04. The molecule has 94 valence electrons. The molecule has 0 aliphatic carbocycles. The molecule has 1 aliphatic rings. The van der Waals surface area contributed by atoms with Crippen molar-refractivity contribution in [2.24, 2.45) is 5.73 Å². The van der Waals surface area contributed by atoms with Crippen LogP contribution in [-0.4, -0.2) is 61.9 Å². The lowest BCUT2D eigenvalue weighted by molar-refractivity contribution is -0.132. The van der Waals surface area contributed by atoms with E-state index in [1.54, 1.807) is 4.90 Å². The summed E-state index contributed by atoms with van der Waals surface area (Å²) in [5, 5.41) is 0.